The summed E-state index contributed by atoms with van der Waals surface area (Å²) in [4.78, 5) is 16.8. The molecule has 3 nitrogen and oxygen atoms in total. The molecule has 1 aromatic rings. The maximum absolute atomic E-state index is 12.8. The van der Waals surface area contributed by atoms with E-state index in [9.17, 15) is 9.18 Å². The molecule has 1 saturated carbocycles. The SMILES string of the molecule is O=C(CN1CCN(C2CC2)CC1)c1ccc(F)cc1. The van der Waals surface area contributed by atoms with Gasteiger partial charge in [0.1, 0.15) is 5.82 Å². The van der Waals surface area contributed by atoms with Crippen LogP contribution in [-0.4, -0.2) is 54.3 Å². The molecule has 102 valence electrons. The Hall–Kier alpha value is -1.26. The Morgan fingerprint density at radius 2 is 1.74 bits per heavy atom. The molecule has 2 aliphatic rings. The number of halogens is 1. The number of nitrogens with zero attached hydrogens (tertiary/aromatic N) is 2. The molecule has 0 N–H and O–H groups in total. The van der Waals surface area contributed by atoms with Gasteiger partial charge in [-0.1, -0.05) is 0 Å². The highest BCUT2D eigenvalue weighted by atomic mass is 19.1. The Morgan fingerprint density at radius 3 is 2.32 bits per heavy atom. The maximum atomic E-state index is 12.8. The van der Waals surface area contributed by atoms with Crippen molar-refractivity contribution in [3.63, 3.8) is 0 Å². The van der Waals surface area contributed by atoms with Crippen molar-refractivity contribution in [3.8, 4) is 0 Å². The molecule has 0 spiro atoms. The molecule has 0 amide bonds. The fourth-order valence-electron chi connectivity index (χ4n) is 2.66. The monoisotopic (exact) mass is 262 g/mol. The first kappa shape index (κ1) is 12.8. The lowest BCUT2D eigenvalue weighted by Gasteiger charge is -2.34. The van der Waals surface area contributed by atoms with E-state index in [0.29, 0.717) is 12.1 Å². The number of piperazine rings is 1. The van der Waals surface area contributed by atoms with E-state index >= 15 is 0 Å². The highest BCUT2D eigenvalue weighted by molar-refractivity contribution is 5.97. The van der Waals surface area contributed by atoms with Crippen LogP contribution in [0.4, 0.5) is 4.39 Å². The van der Waals surface area contributed by atoms with Crippen molar-refractivity contribution in [3.05, 3.63) is 35.6 Å². The van der Waals surface area contributed by atoms with Gasteiger partial charge in [0.15, 0.2) is 5.78 Å². The van der Waals surface area contributed by atoms with Gasteiger partial charge in [0, 0.05) is 37.8 Å². The van der Waals surface area contributed by atoms with Crippen LogP contribution in [0.5, 0.6) is 0 Å². The molecule has 0 unspecified atom stereocenters. The number of rotatable bonds is 4. The summed E-state index contributed by atoms with van der Waals surface area (Å²) in [5.41, 5.74) is 0.603. The largest absolute Gasteiger partial charge is 0.298 e. The van der Waals surface area contributed by atoms with Crippen molar-refractivity contribution in [2.24, 2.45) is 0 Å². The minimum absolute atomic E-state index is 0.0832. The minimum Gasteiger partial charge on any atom is -0.298 e. The summed E-state index contributed by atoms with van der Waals surface area (Å²) < 4.78 is 12.8. The molecular formula is C15H19FN2O. The number of benzene rings is 1. The van der Waals surface area contributed by atoms with Crippen LogP contribution >= 0.6 is 0 Å². The summed E-state index contributed by atoms with van der Waals surface area (Å²) in [6.45, 7) is 4.51. The van der Waals surface area contributed by atoms with Gasteiger partial charge in [-0.3, -0.25) is 14.6 Å². The molecule has 1 aliphatic heterocycles. The molecule has 2 fully saturated rings. The average molecular weight is 262 g/mol. The number of Topliss-reactive ketones (excluding diaryl/α,β-unsaturated/α-hetero) is 1. The molecule has 0 radical (unpaired) electrons. The maximum Gasteiger partial charge on any atom is 0.176 e. The van der Waals surface area contributed by atoms with Crippen LogP contribution in [0.3, 0.4) is 0 Å². The molecular weight excluding hydrogens is 243 g/mol. The standard InChI is InChI=1S/C15H19FN2O/c16-13-3-1-12(2-4-13)15(19)11-17-7-9-18(10-8-17)14-5-6-14/h1-4,14H,5-11H2. The third kappa shape index (κ3) is 3.19. The highest BCUT2D eigenvalue weighted by Gasteiger charge is 2.31. The van der Waals surface area contributed by atoms with Gasteiger partial charge in [-0.25, -0.2) is 4.39 Å². The second kappa shape index (κ2) is 5.39. The highest BCUT2D eigenvalue weighted by Crippen LogP contribution is 2.27. The lowest BCUT2D eigenvalue weighted by Crippen LogP contribution is -2.48. The fraction of sp³-hybridized carbons (Fsp3) is 0.533. The number of hydrogen-bond acceptors (Lipinski definition) is 3. The molecule has 1 aliphatic carbocycles. The van der Waals surface area contributed by atoms with E-state index in [1.165, 1.54) is 25.0 Å². The van der Waals surface area contributed by atoms with Crippen LogP contribution in [-0.2, 0) is 0 Å². The van der Waals surface area contributed by atoms with E-state index < -0.39 is 0 Å². The normalized spacial score (nSPS) is 21.5. The van der Waals surface area contributed by atoms with Crippen molar-refractivity contribution in [2.75, 3.05) is 32.7 Å². The minimum atomic E-state index is -0.297. The van der Waals surface area contributed by atoms with Crippen molar-refractivity contribution in [1.82, 2.24) is 9.80 Å². The lowest BCUT2D eigenvalue weighted by molar-refractivity contribution is 0.0843. The van der Waals surface area contributed by atoms with E-state index in [1.54, 1.807) is 12.1 Å². The third-order valence-electron chi connectivity index (χ3n) is 4.00. The lowest BCUT2D eigenvalue weighted by atomic mass is 10.1. The zero-order chi connectivity index (χ0) is 13.2. The molecule has 1 aromatic carbocycles. The van der Waals surface area contributed by atoms with Gasteiger partial charge < -0.3 is 0 Å². The van der Waals surface area contributed by atoms with Crippen LogP contribution < -0.4 is 0 Å². The molecule has 0 atom stereocenters. The van der Waals surface area contributed by atoms with Gasteiger partial charge in [0.2, 0.25) is 0 Å². The molecule has 1 heterocycles. The molecule has 1 saturated heterocycles. The summed E-state index contributed by atoms with van der Waals surface area (Å²) >= 11 is 0. The molecule has 3 rings (SSSR count). The summed E-state index contributed by atoms with van der Waals surface area (Å²) in [7, 11) is 0. The van der Waals surface area contributed by atoms with Crippen LogP contribution in [0.1, 0.15) is 23.2 Å². The summed E-state index contributed by atoms with van der Waals surface area (Å²) in [5, 5.41) is 0. The van der Waals surface area contributed by atoms with Gasteiger partial charge in [-0.15, -0.1) is 0 Å². The number of carbonyl (C=O) groups is 1. The average Bonchev–Trinajstić information content (AvgIpc) is 3.25. The Bertz CT molecular complexity index is 448. The van der Waals surface area contributed by atoms with E-state index in [1.807, 2.05) is 0 Å². The number of ketones is 1. The molecule has 4 heteroatoms. The first-order valence-corrected chi connectivity index (χ1v) is 6.97. The fourth-order valence-corrected chi connectivity index (χ4v) is 2.66. The van der Waals surface area contributed by atoms with Crippen molar-refractivity contribution in [2.45, 2.75) is 18.9 Å². The topological polar surface area (TPSA) is 23.6 Å². The number of hydrogen-bond donors (Lipinski definition) is 0. The van der Waals surface area contributed by atoms with Gasteiger partial charge >= 0.3 is 0 Å². The summed E-state index contributed by atoms with van der Waals surface area (Å²) in [5.74, 6) is -0.213. The third-order valence-corrected chi connectivity index (χ3v) is 4.00. The number of carbonyl (C=O) groups excluding carboxylic acids is 1. The van der Waals surface area contributed by atoms with Crippen molar-refractivity contribution >= 4 is 5.78 Å². The Balaban J connectivity index is 1.51. The van der Waals surface area contributed by atoms with Crippen LogP contribution in [0.25, 0.3) is 0 Å². The summed E-state index contributed by atoms with van der Waals surface area (Å²) in [6.07, 6.45) is 2.68. The molecule has 0 bridgehead atoms. The van der Waals surface area contributed by atoms with Crippen LogP contribution in [0.2, 0.25) is 0 Å². The molecule has 0 aromatic heterocycles. The van der Waals surface area contributed by atoms with Crippen LogP contribution in [0, 0.1) is 5.82 Å². The predicted molar refractivity (Wildman–Crippen MR) is 71.8 cm³/mol. The van der Waals surface area contributed by atoms with E-state index in [0.717, 1.165) is 32.2 Å². The van der Waals surface area contributed by atoms with E-state index in [-0.39, 0.29) is 11.6 Å². The zero-order valence-electron chi connectivity index (χ0n) is 11.0. The second-order valence-electron chi connectivity index (χ2n) is 5.47. The van der Waals surface area contributed by atoms with Crippen LogP contribution in [0.15, 0.2) is 24.3 Å². The Labute approximate surface area is 113 Å². The first-order valence-electron chi connectivity index (χ1n) is 6.97. The first-order chi connectivity index (χ1) is 9.22. The predicted octanol–water partition coefficient (Wildman–Crippen LogP) is 1.79. The second-order valence-corrected chi connectivity index (χ2v) is 5.47. The summed E-state index contributed by atoms with van der Waals surface area (Å²) in [6, 6.07) is 6.64. The van der Waals surface area contributed by atoms with E-state index in [4.69, 9.17) is 0 Å². The smallest absolute Gasteiger partial charge is 0.176 e. The van der Waals surface area contributed by atoms with Gasteiger partial charge in [0.25, 0.3) is 0 Å². The van der Waals surface area contributed by atoms with E-state index in [2.05, 4.69) is 9.80 Å². The van der Waals surface area contributed by atoms with Gasteiger partial charge in [0.05, 0.1) is 6.54 Å². The van der Waals surface area contributed by atoms with Crippen molar-refractivity contribution in [1.29, 1.82) is 0 Å². The van der Waals surface area contributed by atoms with Gasteiger partial charge in [-0.2, -0.15) is 0 Å². The molecule has 19 heavy (non-hydrogen) atoms. The zero-order valence-corrected chi connectivity index (χ0v) is 11.0. The van der Waals surface area contributed by atoms with Crippen molar-refractivity contribution < 1.29 is 9.18 Å². The Morgan fingerprint density at radius 1 is 1.11 bits per heavy atom. The quantitative estimate of drug-likeness (QED) is 0.773. The van der Waals surface area contributed by atoms with Gasteiger partial charge in [-0.05, 0) is 37.1 Å². The Kier molecular flexibility index (Phi) is 3.62.